The van der Waals surface area contributed by atoms with E-state index in [1.807, 2.05) is 36.4 Å². The SMILES string of the molecule is COc1ccccc1OCc1ccc(C(=O)Nc2ccc3c4c(cccc24)CC3)o1. The molecule has 1 N–H and O–H groups in total. The summed E-state index contributed by atoms with van der Waals surface area (Å²) in [5.41, 5.74) is 3.48. The zero-order valence-electron chi connectivity index (χ0n) is 16.6. The van der Waals surface area contributed by atoms with Crippen molar-refractivity contribution in [1.82, 2.24) is 0 Å². The highest BCUT2D eigenvalue weighted by molar-refractivity contribution is 6.09. The molecule has 0 unspecified atom stereocenters. The number of ether oxygens (including phenoxy) is 2. The number of hydrogen-bond acceptors (Lipinski definition) is 4. The van der Waals surface area contributed by atoms with Crippen molar-refractivity contribution in [3.05, 3.63) is 89.4 Å². The van der Waals surface area contributed by atoms with Gasteiger partial charge in [-0.2, -0.15) is 0 Å². The predicted molar refractivity (Wildman–Crippen MR) is 115 cm³/mol. The van der Waals surface area contributed by atoms with Gasteiger partial charge in [-0.25, -0.2) is 0 Å². The average molecular weight is 399 g/mol. The average Bonchev–Trinajstić information content (AvgIpc) is 3.43. The monoisotopic (exact) mass is 399 g/mol. The van der Waals surface area contributed by atoms with Crippen LogP contribution in [0, 0.1) is 0 Å². The molecule has 1 heterocycles. The van der Waals surface area contributed by atoms with E-state index in [9.17, 15) is 4.79 Å². The first-order chi connectivity index (χ1) is 14.7. The quantitative estimate of drug-likeness (QED) is 0.473. The van der Waals surface area contributed by atoms with E-state index >= 15 is 0 Å². The Balaban J connectivity index is 1.31. The van der Waals surface area contributed by atoms with Crippen LogP contribution in [0.4, 0.5) is 5.69 Å². The second-order valence-electron chi connectivity index (χ2n) is 7.27. The molecule has 1 amide bonds. The number of rotatable bonds is 6. The number of anilines is 1. The highest BCUT2D eigenvalue weighted by atomic mass is 16.5. The van der Waals surface area contributed by atoms with Crippen molar-refractivity contribution in [2.45, 2.75) is 19.4 Å². The Morgan fingerprint density at radius 3 is 2.57 bits per heavy atom. The summed E-state index contributed by atoms with van der Waals surface area (Å²) in [6.45, 7) is 0.203. The van der Waals surface area contributed by atoms with Crippen LogP contribution in [0.5, 0.6) is 11.5 Å². The van der Waals surface area contributed by atoms with Crippen molar-refractivity contribution in [3.63, 3.8) is 0 Å². The summed E-state index contributed by atoms with van der Waals surface area (Å²) in [5.74, 6) is 1.80. The van der Waals surface area contributed by atoms with Crippen LogP contribution in [0.2, 0.25) is 0 Å². The van der Waals surface area contributed by atoms with Gasteiger partial charge in [0, 0.05) is 11.1 Å². The zero-order chi connectivity index (χ0) is 20.5. The number of carbonyl (C=O) groups is 1. The lowest BCUT2D eigenvalue weighted by atomic mass is 10.0. The van der Waals surface area contributed by atoms with Gasteiger partial charge in [0.1, 0.15) is 12.4 Å². The Labute approximate surface area is 174 Å². The van der Waals surface area contributed by atoms with Gasteiger partial charge in [-0.15, -0.1) is 0 Å². The van der Waals surface area contributed by atoms with Gasteiger partial charge in [-0.3, -0.25) is 4.79 Å². The van der Waals surface area contributed by atoms with E-state index in [1.165, 1.54) is 16.5 Å². The van der Waals surface area contributed by atoms with Crippen molar-refractivity contribution in [2.24, 2.45) is 0 Å². The molecule has 0 radical (unpaired) electrons. The Morgan fingerprint density at radius 2 is 1.73 bits per heavy atom. The fourth-order valence-electron chi connectivity index (χ4n) is 4.00. The summed E-state index contributed by atoms with van der Waals surface area (Å²) in [6, 6.07) is 21.1. The van der Waals surface area contributed by atoms with Crippen LogP contribution < -0.4 is 14.8 Å². The van der Waals surface area contributed by atoms with Gasteiger partial charge < -0.3 is 19.2 Å². The topological polar surface area (TPSA) is 60.7 Å². The highest BCUT2D eigenvalue weighted by Gasteiger charge is 2.18. The summed E-state index contributed by atoms with van der Waals surface area (Å²) in [4.78, 5) is 12.8. The second kappa shape index (κ2) is 7.59. The van der Waals surface area contributed by atoms with Crippen LogP contribution in [0.15, 0.2) is 71.1 Å². The normalized spacial score (nSPS) is 12.2. The van der Waals surface area contributed by atoms with Crippen LogP contribution in [-0.2, 0) is 19.4 Å². The minimum Gasteiger partial charge on any atom is -0.493 e. The molecule has 0 fully saturated rings. The lowest BCUT2D eigenvalue weighted by Crippen LogP contribution is -2.11. The molecule has 150 valence electrons. The molecule has 0 saturated heterocycles. The van der Waals surface area contributed by atoms with Gasteiger partial charge in [0.2, 0.25) is 0 Å². The van der Waals surface area contributed by atoms with Crippen LogP contribution in [0.25, 0.3) is 10.8 Å². The lowest BCUT2D eigenvalue weighted by molar-refractivity contribution is 0.0992. The number of para-hydroxylation sites is 2. The first-order valence-corrected chi connectivity index (χ1v) is 9.92. The predicted octanol–water partition coefficient (Wildman–Crippen LogP) is 5.37. The van der Waals surface area contributed by atoms with Gasteiger partial charge in [0.25, 0.3) is 5.91 Å². The number of hydrogen-bond donors (Lipinski definition) is 1. The van der Waals surface area contributed by atoms with Crippen molar-refractivity contribution < 1.29 is 18.7 Å². The first-order valence-electron chi connectivity index (χ1n) is 9.92. The molecular formula is C25H21NO4. The third-order valence-corrected chi connectivity index (χ3v) is 5.45. The summed E-state index contributed by atoms with van der Waals surface area (Å²) < 4.78 is 16.8. The standard InChI is InChI=1S/C25H21NO4/c1-28-21-7-2-3-8-22(21)29-15-18-12-14-23(30-18)25(27)26-20-13-11-17-10-9-16-5-4-6-19(20)24(16)17/h2-8,11-14H,9-10,15H2,1H3,(H,26,27). The number of carbonyl (C=O) groups excluding carboxylic acids is 1. The molecule has 1 aliphatic carbocycles. The molecular weight excluding hydrogens is 378 g/mol. The molecule has 0 aliphatic heterocycles. The Kier molecular flexibility index (Phi) is 4.64. The smallest absolute Gasteiger partial charge is 0.291 e. The maximum Gasteiger partial charge on any atom is 0.291 e. The fourth-order valence-corrected chi connectivity index (χ4v) is 4.00. The highest BCUT2D eigenvalue weighted by Crippen LogP contribution is 2.35. The summed E-state index contributed by atoms with van der Waals surface area (Å²) in [5, 5.41) is 5.33. The number of aryl methyl sites for hydroxylation is 2. The maximum absolute atomic E-state index is 12.8. The van der Waals surface area contributed by atoms with E-state index in [1.54, 1.807) is 19.2 Å². The second-order valence-corrected chi connectivity index (χ2v) is 7.27. The van der Waals surface area contributed by atoms with Crippen LogP contribution in [-0.4, -0.2) is 13.0 Å². The van der Waals surface area contributed by atoms with Crippen LogP contribution in [0.3, 0.4) is 0 Å². The van der Waals surface area contributed by atoms with Gasteiger partial charge in [-0.05, 0) is 59.7 Å². The van der Waals surface area contributed by atoms with Gasteiger partial charge >= 0.3 is 0 Å². The van der Waals surface area contributed by atoms with E-state index in [4.69, 9.17) is 13.9 Å². The molecule has 5 rings (SSSR count). The maximum atomic E-state index is 12.8. The molecule has 0 atom stereocenters. The van der Waals surface area contributed by atoms with Crippen LogP contribution in [0.1, 0.15) is 27.4 Å². The largest absolute Gasteiger partial charge is 0.493 e. The molecule has 0 saturated carbocycles. The molecule has 30 heavy (non-hydrogen) atoms. The van der Waals surface area contributed by atoms with Crippen LogP contribution >= 0.6 is 0 Å². The number of nitrogens with one attached hydrogen (secondary N) is 1. The molecule has 5 nitrogen and oxygen atoms in total. The van der Waals surface area contributed by atoms with E-state index in [0.717, 1.165) is 23.9 Å². The minimum atomic E-state index is -0.280. The molecule has 4 aromatic rings. The number of benzene rings is 3. The molecule has 0 bridgehead atoms. The minimum absolute atomic E-state index is 0.203. The first kappa shape index (κ1) is 18.3. The van der Waals surface area contributed by atoms with Gasteiger partial charge in [-0.1, -0.05) is 36.4 Å². The Hall–Kier alpha value is -3.73. The number of methoxy groups -OCH3 is 1. The van der Waals surface area contributed by atoms with Gasteiger partial charge in [0.05, 0.1) is 7.11 Å². The molecule has 0 spiro atoms. The summed E-state index contributed by atoms with van der Waals surface area (Å²) in [7, 11) is 1.59. The number of amides is 1. The third-order valence-electron chi connectivity index (χ3n) is 5.45. The van der Waals surface area contributed by atoms with Crippen molar-refractivity contribution in [3.8, 4) is 11.5 Å². The molecule has 5 heteroatoms. The van der Waals surface area contributed by atoms with E-state index < -0.39 is 0 Å². The number of furan rings is 1. The van der Waals surface area contributed by atoms with Crippen molar-refractivity contribution in [1.29, 1.82) is 0 Å². The fraction of sp³-hybridized carbons (Fsp3) is 0.160. The van der Waals surface area contributed by atoms with Gasteiger partial charge in [0.15, 0.2) is 17.3 Å². The lowest BCUT2D eigenvalue weighted by Gasteiger charge is -2.10. The van der Waals surface area contributed by atoms with Crippen molar-refractivity contribution in [2.75, 3.05) is 12.4 Å². The van der Waals surface area contributed by atoms with E-state index in [2.05, 4.69) is 23.5 Å². The Morgan fingerprint density at radius 1 is 0.933 bits per heavy atom. The molecule has 1 aliphatic rings. The molecule has 3 aromatic carbocycles. The van der Waals surface area contributed by atoms with E-state index in [-0.39, 0.29) is 18.3 Å². The van der Waals surface area contributed by atoms with E-state index in [0.29, 0.717) is 17.3 Å². The van der Waals surface area contributed by atoms with Crippen molar-refractivity contribution >= 4 is 22.4 Å². The summed E-state index contributed by atoms with van der Waals surface area (Å²) >= 11 is 0. The molecule has 1 aromatic heterocycles. The third kappa shape index (κ3) is 3.28. The zero-order valence-corrected chi connectivity index (χ0v) is 16.6. The summed E-state index contributed by atoms with van der Waals surface area (Å²) in [6.07, 6.45) is 2.11. The Bertz CT molecular complexity index is 1230.